The third kappa shape index (κ3) is 2.87. The average Bonchev–Trinajstić information content (AvgIpc) is 2.55. The predicted molar refractivity (Wildman–Crippen MR) is 88.6 cm³/mol. The minimum Gasteiger partial charge on any atom is -0.350 e. The maximum atomic E-state index is 13.3. The van der Waals surface area contributed by atoms with Gasteiger partial charge in [-0.3, -0.25) is 9.59 Å². The smallest absolute Gasteiger partial charge is 0.250 e. The lowest BCUT2D eigenvalue weighted by Gasteiger charge is -2.41. The first kappa shape index (κ1) is 16.1. The standard InChI is InChI=1S/C18H18FN3O2/c1-12-9-13(6-7-14(12)19)11-20-17(24)18(2)10-16(23)21-15-5-3-4-8-22(15)18/h3-9H,10-11H2,1-2H3,(H,20,24)/t18-/m0/s1. The summed E-state index contributed by atoms with van der Waals surface area (Å²) < 4.78 is 13.3. The Balaban J connectivity index is 1.77. The van der Waals surface area contributed by atoms with Crippen molar-refractivity contribution in [2.45, 2.75) is 32.4 Å². The molecule has 2 aliphatic rings. The van der Waals surface area contributed by atoms with Crippen LogP contribution in [0.3, 0.4) is 0 Å². The number of carbonyl (C=O) groups is 2. The molecular formula is C18H18FN3O2. The van der Waals surface area contributed by atoms with Crippen LogP contribution in [-0.4, -0.2) is 28.1 Å². The summed E-state index contributed by atoms with van der Waals surface area (Å²) in [5.41, 5.74) is 0.292. The number of fused-ring (bicyclic) bond motifs is 1. The second-order valence-corrected chi connectivity index (χ2v) is 6.15. The van der Waals surface area contributed by atoms with E-state index in [9.17, 15) is 14.0 Å². The molecular weight excluding hydrogens is 309 g/mol. The minimum absolute atomic E-state index is 0.00294. The Morgan fingerprint density at radius 2 is 2.21 bits per heavy atom. The van der Waals surface area contributed by atoms with Gasteiger partial charge in [-0.2, -0.15) is 4.99 Å². The summed E-state index contributed by atoms with van der Waals surface area (Å²) in [6, 6.07) is 4.71. The summed E-state index contributed by atoms with van der Waals surface area (Å²) >= 11 is 0. The number of halogens is 1. The molecule has 1 aromatic rings. The zero-order valence-electron chi connectivity index (χ0n) is 13.5. The topological polar surface area (TPSA) is 61.8 Å². The van der Waals surface area contributed by atoms with E-state index in [1.807, 2.05) is 0 Å². The third-order valence-corrected chi connectivity index (χ3v) is 4.27. The molecule has 0 spiro atoms. The largest absolute Gasteiger partial charge is 0.350 e. The van der Waals surface area contributed by atoms with E-state index in [0.717, 1.165) is 5.56 Å². The van der Waals surface area contributed by atoms with Crippen LogP contribution < -0.4 is 5.32 Å². The number of aliphatic imine (C=N–C) groups is 1. The third-order valence-electron chi connectivity index (χ3n) is 4.27. The normalized spacial score (nSPS) is 22.2. The number of nitrogens with zero attached hydrogens (tertiary/aromatic N) is 2. The summed E-state index contributed by atoms with van der Waals surface area (Å²) in [6.07, 6.45) is 7.01. The quantitative estimate of drug-likeness (QED) is 0.926. The number of aryl methyl sites for hydroxylation is 1. The Kier molecular flexibility index (Phi) is 4.05. The molecule has 2 aliphatic heterocycles. The van der Waals surface area contributed by atoms with Crippen LogP contribution >= 0.6 is 0 Å². The van der Waals surface area contributed by atoms with E-state index in [-0.39, 0.29) is 30.6 Å². The van der Waals surface area contributed by atoms with Crippen molar-refractivity contribution >= 4 is 17.6 Å². The molecule has 0 bridgehead atoms. The van der Waals surface area contributed by atoms with Gasteiger partial charge in [-0.05, 0) is 43.2 Å². The lowest BCUT2D eigenvalue weighted by molar-refractivity contribution is -0.134. The zero-order valence-corrected chi connectivity index (χ0v) is 13.5. The fourth-order valence-corrected chi connectivity index (χ4v) is 2.87. The number of rotatable bonds is 3. The van der Waals surface area contributed by atoms with E-state index in [4.69, 9.17) is 0 Å². The fourth-order valence-electron chi connectivity index (χ4n) is 2.87. The van der Waals surface area contributed by atoms with Gasteiger partial charge in [0.05, 0.1) is 6.42 Å². The highest BCUT2D eigenvalue weighted by molar-refractivity contribution is 6.09. The molecule has 1 atom stereocenters. The Labute approximate surface area is 139 Å². The van der Waals surface area contributed by atoms with E-state index >= 15 is 0 Å². The molecule has 24 heavy (non-hydrogen) atoms. The SMILES string of the molecule is Cc1cc(CNC(=O)[C@]2(C)CC(=O)N=C3C=CC=CN32)ccc1F. The van der Waals surface area contributed by atoms with Gasteiger partial charge in [-0.15, -0.1) is 0 Å². The molecule has 0 saturated carbocycles. The number of benzene rings is 1. The van der Waals surface area contributed by atoms with Gasteiger partial charge in [0.15, 0.2) is 0 Å². The first-order valence-electron chi connectivity index (χ1n) is 7.69. The van der Waals surface area contributed by atoms with Crippen LogP contribution in [0.2, 0.25) is 0 Å². The number of allylic oxidation sites excluding steroid dienone is 2. The first-order chi connectivity index (χ1) is 11.4. The number of hydrogen-bond donors (Lipinski definition) is 1. The molecule has 2 heterocycles. The number of amidine groups is 1. The maximum Gasteiger partial charge on any atom is 0.250 e. The molecule has 124 valence electrons. The average molecular weight is 327 g/mol. The number of nitrogens with one attached hydrogen (secondary N) is 1. The zero-order chi connectivity index (χ0) is 17.3. The van der Waals surface area contributed by atoms with Gasteiger partial charge in [-0.1, -0.05) is 18.2 Å². The summed E-state index contributed by atoms with van der Waals surface area (Å²) in [4.78, 5) is 30.3. The van der Waals surface area contributed by atoms with Crippen LogP contribution in [0.4, 0.5) is 4.39 Å². The lowest BCUT2D eigenvalue weighted by atomic mass is 9.91. The summed E-state index contributed by atoms with van der Waals surface area (Å²) in [5, 5.41) is 2.84. The molecule has 1 aromatic carbocycles. The van der Waals surface area contributed by atoms with Gasteiger partial charge in [-0.25, -0.2) is 4.39 Å². The number of amides is 2. The minimum atomic E-state index is -1.04. The van der Waals surface area contributed by atoms with Crippen molar-refractivity contribution in [3.63, 3.8) is 0 Å². The van der Waals surface area contributed by atoms with Crippen LogP contribution in [0.25, 0.3) is 0 Å². The monoisotopic (exact) mass is 327 g/mol. The summed E-state index contributed by atoms with van der Waals surface area (Å²) in [7, 11) is 0. The van der Waals surface area contributed by atoms with Crippen LogP contribution in [0.15, 0.2) is 47.6 Å². The van der Waals surface area contributed by atoms with Crippen molar-refractivity contribution < 1.29 is 14.0 Å². The second kappa shape index (κ2) is 6.03. The van der Waals surface area contributed by atoms with Crippen LogP contribution in [0.5, 0.6) is 0 Å². The molecule has 1 N–H and O–H groups in total. The Morgan fingerprint density at radius 1 is 1.42 bits per heavy atom. The van der Waals surface area contributed by atoms with Crippen LogP contribution in [-0.2, 0) is 16.1 Å². The molecule has 3 rings (SSSR count). The van der Waals surface area contributed by atoms with Gasteiger partial charge < -0.3 is 10.2 Å². The van der Waals surface area contributed by atoms with Crippen molar-refractivity contribution in [2.24, 2.45) is 4.99 Å². The Morgan fingerprint density at radius 3 is 2.96 bits per heavy atom. The highest BCUT2D eigenvalue weighted by atomic mass is 19.1. The molecule has 0 aliphatic carbocycles. The molecule has 2 amide bonds. The second-order valence-electron chi connectivity index (χ2n) is 6.15. The Hall–Kier alpha value is -2.76. The van der Waals surface area contributed by atoms with Gasteiger partial charge in [0.2, 0.25) is 5.91 Å². The van der Waals surface area contributed by atoms with Crippen molar-refractivity contribution in [3.05, 3.63) is 59.6 Å². The van der Waals surface area contributed by atoms with E-state index in [2.05, 4.69) is 10.3 Å². The maximum absolute atomic E-state index is 13.3. The van der Waals surface area contributed by atoms with E-state index in [0.29, 0.717) is 11.4 Å². The molecule has 0 fully saturated rings. The summed E-state index contributed by atoms with van der Waals surface area (Å²) in [5.74, 6) is -0.410. The number of hydrogen-bond acceptors (Lipinski definition) is 3. The van der Waals surface area contributed by atoms with Gasteiger partial charge in [0.1, 0.15) is 17.2 Å². The predicted octanol–water partition coefficient (Wildman–Crippen LogP) is 2.22. The van der Waals surface area contributed by atoms with E-state index in [1.54, 1.807) is 55.3 Å². The summed E-state index contributed by atoms with van der Waals surface area (Å²) in [6.45, 7) is 3.66. The fraction of sp³-hybridized carbons (Fsp3) is 0.278. The number of carbonyl (C=O) groups excluding carboxylic acids is 2. The van der Waals surface area contributed by atoms with Crippen molar-refractivity contribution in [2.75, 3.05) is 0 Å². The molecule has 0 aromatic heterocycles. The van der Waals surface area contributed by atoms with E-state index < -0.39 is 5.54 Å². The van der Waals surface area contributed by atoms with Crippen molar-refractivity contribution in [3.8, 4) is 0 Å². The molecule has 5 nitrogen and oxygen atoms in total. The molecule has 6 heteroatoms. The first-order valence-corrected chi connectivity index (χ1v) is 7.69. The van der Waals surface area contributed by atoms with Crippen LogP contribution in [0.1, 0.15) is 24.5 Å². The Bertz CT molecular complexity index is 797. The van der Waals surface area contributed by atoms with Gasteiger partial charge in [0.25, 0.3) is 5.91 Å². The van der Waals surface area contributed by atoms with Crippen molar-refractivity contribution in [1.82, 2.24) is 10.2 Å². The van der Waals surface area contributed by atoms with Crippen LogP contribution in [0, 0.1) is 12.7 Å². The van der Waals surface area contributed by atoms with Crippen molar-refractivity contribution in [1.29, 1.82) is 0 Å². The highest BCUT2D eigenvalue weighted by Crippen LogP contribution is 2.28. The van der Waals surface area contributed by atoms with E-state index in [1.165, 1.54) is 6.07 Å². The molecule has 0 radical (unpaired) electrons. The molecule has 0 unspecified atom stereocenters. The van der Waals surface area contributed by atoms with Gasteiger partial charge in [0, 0.05) is 12.7 Å². The lowest BCUT2D eigenvalue weighted by Crippen LogP contribution is -2.59. The molecule has 0 saturated heterocycles. The van der Waals surface area contributed by atoms with Gasteiger partial charge >= 0.3 is 0 Å². The highest BCUT2D eigenvalue weighted by Gasteiger charge is 2.44.